The van der Waals surface area contributed by atoms with Gasteiger partial charge < -0.3 is 9.64 Å². The van der Waals surface area contributed by atoms with E-state index in [4.69, 9.17) is 4.74 Å². The molecule has 2 aliphatic heterocycles. The first-order chi connectivity index (χ1) is 13.1. The zero-order valence-electron chi connectivity index (χ0n) is 15.5. The van der Waals surface area contributed by atoms with Gasteiger partial charge in [-0.25, -0.2) is 13.2 Å². The summed E-state index contributed by atoms with van der Waals surface area (Å²) in [5.41, 5.74) is 0.427. The number of imide groups is 1. The van der Waals surface area contributed by atoms with Crippen molar-refractivity contribution < 1.29 is 32.3 Å². The average Bonchev–Trinajstić information content (AvgIpc) is 3.15. The second-order valence-corrected chi connectivity index (χ2v) is 9.10. The van der Waals surface area contributed by atoms with Gasteiger partial charge in [0.05, 0.1) is 22.6 Å². The van der Waals surface area contributed by atoms with Gasteiger partial charge in [-0.05, 0) is 25.5 Å². The minimum absolute atomic E-state index is 0.0197. The van der Waals surface area contributed by atoms with E-state index in [-0.39, 0.29) is 22.6 Å². The van der Waals surface area contributed by atoms with Crippen LogP contribution in [0.5, 0.6) is 0 Å². The van der Waals surface area contributed by atoms with Gasteiger partial charge in [-0.15, -0.1) is 0 Å². The fraction of sp³-hybridized carbons (Fsp3) is 0.444. The third kappa shape index (κ3) is 3.64. The van der Waals surface area contributed by atoms with Crippen molar-refractivity contribution >= 4 is 33.5 Å². The molecule has 0 unspecified atom stereocenters. The van der Waals surface area contributed by atoms with Crippen LogP contribution in [0.3, 0.4) is 0 Å². The number of carbonyl (C=O) groups excluding carboxylic acids is 4. The maximum absolute atomic E-state index is 12.4. The Labute approximate surface area is 162 Å². The highest BCUT2D eigenvalue weighted by atomic mass is 32.2. The molecule has 2 atom stereocenters. The van der Waals surface area contributed by atoms with Crippen molar-refractivity contribution in [3.63, 3.8) is 0 Å². The zero-order chi connectivity index (χ0) is 20.6. The van der Waals surface area contributed by atoms with E-state index < -0.39 is 52.2 Å². The van der Waals surface area contributed by atoms with E-state index in [9.17, 15) is 27.6 Å². The maximum Gasteiger partial charge on any atom is 0.329 e. The summed E-state index contributed by atoms with van der Waals surface area (Å²) in [4.78, 5) is 51.4. The Balaban J connectivity index is 1.59. The lowest BCUT2D eigenvalue weighted by Gasteiger charge is -2.24. The molecule has 1 fully saturated rings. The van der Waals surface area contributed by atoms with Crippen LogP contribution < -0.4 is 0 Å². The first-order valence-corrected chi connectivity index (χ1v) is 10.5. The van der Waals surface area contributed by atoms with Gasteiger partial charge in [-0.2, -0.15) is 0 Å². The quantitative estimate of drug-likeness (QED) is 0.491. The highest BCUT2D eigenvalue weighted by molar-refractivity contribution is 7.91. The van der Waals surface area contributed by atoms with Gasteiger partial charge in [0.25, 0.3) is 17.7 Å². The van der Waals surface area contributed by atoms with Crippen LogP contribution >= 0.6 is 0 Å². The molecule has 1 saturated heterocycles. The van der Waals surface area contributed by atoms with E-state index in [1.165, 1.54) is 31.0 Å². The summed E-state index contributed by atoms with van der Waals surface area (Å²) in [5.74, 6) is -2.73. The van der Waals surface area contributed by atoms with Gasteiger partial charge in [0.2, 0.25) is 0 Å². The van der Waals surface area contributed by atoms with Gasteiger partial charge in [-0.3, -0.25) is 19.3 Å². The predicted octanol–water partition coefficient (Wildman–Crippen LogP) is -0.140. The van der Waals surface area contributed by atoms with Crippen LogP contribution in [0, 0.1) is 0 Å². The second-order valence-electron chi connectivity index (χ2n) is 6.87. The number of rotatable bonds is 5. The van der Waals surface area contributed by atoms with Gasteiger partial charge in [0.1, 0.15) is 6.04 Å². The number of likely N-dealkylation sites (N-methyl/N-ethyl adjacent to an activating group) is 1. The fourth-order valence-electron chi connectivity index (χ4n) is 3.30. The lowest BCUT2D eigenvalue weighted by atomic mass is 10.1. The number of esters is 1. The molecule has 0 bridgehead atoms. The lowest BCUT2D eigenvalue weighted by Crippen LogP contribution is -2.45. The summed E-state index contributed by atoms with van der Waals surface area (Å²) >= 11 is 0. The predicted molar refractivity (Wildman–Crippen MR) is 97.2 cm³/mol. The molecule has 2 heterocycles. The molecule has 2 aliphatic rings. The Morgan fingerprint density at radius 1 is 1.21 bits per heavy atom. The van der Waals surface area contributed by atoms with E-state index in [2.05, 4.69) is 0 Å². The number of hydrogen-bond acceptors (Lipinski definition) is 7. The molecule has 0 spiro atoms. The molecular weight excluding hydrogens is 388 g/mol. The third-order valence-corrected chi connectivity index (χ3v) is 6.79. The smallest absolute Gasteiger partial charge is 0.329 e. The first-order valence-electron chi connectivity index (χ1n) is 8.72. The molecule has 3 amide bonds. The van der Waals surface area contributed by atoms with Crippen molar-refractivity contribution in [2.24, 2.45) is 0 Å². The van der Waals surface area contributed by atoms with Gasteiger partial charge in [-0.1, -0.05) is 12.1 Å². The maximum atomic E-state index is 12.4. The number of sulfone groups is 1. The number of nitrogens with zero attached hydrogens (tertiary/aromatic N) is 2. The molecule has 0 saturated carbocycles. The largest absolute Gasteiger partial charge is 0.454 e. The number of fused-ring (bicyclic) bond motifs is 1. The molecule has 0 N–H and O–H groups in total. The average molecular weight is 408 g/mol. The van der Waals surface area contributed by atoms with Crippen LogP contribution in [-0.4, -0.2) is 79.2 Å². The summed E-state index contributed by atoms with van der Waals surface area (Å²) in [6.07, 6.45) is 0.337. The molecule has 1 aromatic rings. The molecule has 10 heteroatoms. The standard InChI is InChI=1S/C18H20N2O7S/c1-11(20-16(22)13-5-3-4-6-14(13)17(20)23)18(24)27-9-15(21)19(2)12-7-8-28(25,26)10-12/h3-6,11-12H,7-10H2,1-2H3/t11-,12-/m1/s1. The summed E-state index contributed by atoms with van der Waals surface area (Å²) in [6.45, 7) is 0.751. The molecule has 3 rings (SSSR count). The fourth-order valence-corrected chi connectivity index (χ4v) is 5.08. The van der Waals surface area contributed by atoms with Crippen molar-refractivity contribution in [1.29, 1.82) is 0 Å². The molecule has 0 aliphatic carbocycles. The van der Waals surface area contributed by atoms with Crippen molar-refractivity contribution in [1.82, 2.24) is 9.80 Å². The monoisotopic (exact) mass is 408 g/mol. The lowest BCUT2D eigenvalue weighted by molar-refractivity contribution is -0.155. The third-order valence-electron chi connectivity index (χ3n) is 5.04. The number of benzene rings is 1. The molecule has 0 radical (unpaired) electrons. The Kier molecular flexibility index (Phi) is 5.24. The van der Waals surface area contributed by atoms with E-state index in [1.807, 2.05) is 0 Å². The minimum atomic E-state index is -3.15. The van der Waals surface area contributed by atoms with Crippen LogP contribution in [0.1, 0.15) is 34.1 Å². The van der Waals surface area contributed by atoms with Crippen molar-refractivity contribution in [2.45, 2.75) is 25.4 Å². The van der Waals surface area contributed by atoms with Crippen molar-refractivity contribution in [3.05, 3.63) is 35.4 Å². The molecule has 1 aromatic carbocycles. The Bertz CT molecular complexity index is 921. The van der Waals surface area contributed by atoms with E-state index in [0.29, 0.717) is 6.42 Å². The normalized spacial score (nSPS) is 21.4. The first kappa shape index (κ1) is 20.0. The highest BCUT2D eigenvalue weighted by Gasteiger charge is 2.41. The number of carbonyl (C=O) groups is 4. The summed E-state index contributed by atoms with van der Waals surface area (Å²) in [7, 11) is -1.70. The summed E-state index contributed by atoms with van der Waals surface area (Å²) in [6, 6.07) is 4.59. The Morgan fingerprint density at radius 3 is 2.29 bits per heavy atom. The van der Waals surface area contributed by atoms with Crippen molar-refractivity contribution in [3.8, 4) is 0 Å². The summed E-state index contributed by atoms with van der Waals surface area (Å²) < 4.78 is 28.0. The molecule has 9 nitrogen and oxygen atoms in total. The number of ether oxygens (including phenoxy) is 1. The van der Waals surface area contributed by atoms with Crippen LogP contribution in [0.25, 0.3) is 0 Å². The van der Waals surface area contributed by atoms with Crippen LogP contribution in [0.4, 0.5) is 0 Å². The minimum Gasteiger partial charge on any atom is -0.454 e. The molecule has 0 aromatic heterocycles. The van der Waals surface area contributed by atoms with Crippen LogP contribution in [0.2, 0.25) is 0 Å². The van der Waals surface area contributed by atoms with E-state index in [1.54, 1.807) is 12.1 Å². The van der Waals surface area contributed by atoms with Crippen LogP contribution in [0.15, 0.2) is 24.3 Å². The second kappa shape index (κ2) is 7.34. The SMILES string of the molecule is C[C@H](C(=O)OCC(=O)N(C)[C@@H]1CCS(=O)(=O)C1)N1C(=O)c2ccccc2C1=O. The summed E-state index contributed by atoms with van der Waals surface area (Å²) in [5, 5.41) is 0. The number of hydrogen-bond donors (Lipinski definition) is 0. The van der Waals surface area contributed by atoms with Gasteiger partial charge in [0.15, 0.2) is 16.4 Å². The molecule has 150 valence electrons. The highest BCUT2D eigenvalue weighted by Crippen LogP contribution is 2.24. The van der Waals surface area contributed by atoms with Crippen LogP contribution in [-0.2, 0) is 24.2 Å². The van der Waals surface area contributed by atoms with Crippen molar-refractivity contribution in [2.75, 3.05) is 25.2 Å². The molecule has 28 heavy (non-hydrogen) atoms. The Hall–Kier alpha value is -2.75. The number of amides is 3. The topological polar surface area (TPSA) is 118 Å². The Morgan fingerprint density at radius 2 is 1.79 bits per heavy atom. The van der Waals surface area contributed by atoms with Gasteiger partial charge >= 0.3 is 5.97 Å². The zero-order valence-corrected chi connectivity index (χ0v) is 16.3. The van der Waals surface area contributed by atoms with E-state index >= 15 is 0 Å². The van der Waals surface area contributed by atoms with E-state index in [0.717, 1.165) is 4.90 Å². The molecular formula is C18H20N2O7S. The van der Waals surface area contributed by atoms with Gasteiger partial charge in [0, 0.05) is 13.1 Å².